The maximum Gasteiger partial charge on any atom is 0.241 e. The van der Waals surface area contributed by atoms with Crippen molar-refractivity contribution in [3.63, 3.8) is 0 Å². The zero-order chi connectivity index (χ0) is 20.1. The van der Waals surface area contributed by atoms with E-state index in [1.165, 1.54) is 11.3 Å². The van der Waals surface area contributed by atoms with Gasteiger partial charge < -0.3 is 15.0 Å². The fraction of sp³-hybridized carbons (Fsp3) is 0.409. The Labute approximate surface area is 175 Å². The highest BCUT2D eigenvalue weighted by molar-refractivity contribution is 9.10. The smallest absolute Gasteiger partial charge is 0.241 e. The summed E-state index contributed by atoms with van der Waals surface area (Å²) in [5.41, 5.74) is 4.40. The minimum Gasteiger partial charge on any atom is -0.378 e. The molecule has 6 heteroatoms. The molecule has 28 heavy (non-hydrogen) atoms. The van der Waals surface area contributed by atoms with Crippen molar-refractivity contribution >= 4 is 33.2 Å². The molecule has 0 bridgehead atoms. The summed E-state index contributed by atoms with van der Waals surface area (Å²) >= 11 is 3.53. The standard InChI is InChI=1S/C22H28BrN3O2/c1-16-8-9-20(19(23)14-16)24-22(27)17(2)25(3)15-18-6-4-5-7-21(18)26-10-12-28-13-11-26/h4-9,14,17H,10-13,15H2,1-3H3,(H,24,27). The summed E-state index contributed by atoms with van der Waals surface area (Å²) in [5, 5.41) is 3.03. The SMILES string of the molecule is Cc1ccc(NC(=O)C(C)N(C)Cc2ccccc2N2CCOCC2)c(Br)c1. The topological polar surface area (TPSA) is 44.8 Å². The minimum absolute atomic E-state index is 0.0177. The molecule has 2 aromatic carbocycles. The van der Waals surface area contributed by atoms with E-state index in [2.05, 4.69) is 55.3 Å². The highest BCUT2D eigenvalue weighted by Gasteiger charge is 2.21. The highest BCUT2D eigenvalue weighted by Crippen LogP contribution is 2.25. The van der Waals surface area contributed by atoms with Crippen molar-refractivity contribution < 1.29 is 9.53 Å². The van der Waals surface area contributed by atoms with Crippen molar-refractivity contribution in [1.82, 2.24) is 4.90 Å². The molecule has 1 heterocycles. The van der Waals surface area contributed by atoms with Crippen LogP contribution >= 0.6 is 15.9 Å². The van der Waals surface area contributed by atoms with Crippen LogP contribution < -0.4 is 10.2 Å². The van der Waals surface area contributed by atoms with Crippen LogP contribution in [-0.2, 0) is 16.1 Å². The second-order valence-corrected chi connectivity index (χ2v) is 8.15. The number of rotatable bonds is 6. The molecule has 0 radical (unpaired) electrons. The monoisotopic (exact) mass is 445 g/mol. The van der Waals surface area contributed by atoms with Gasteiger partial charge in [-0.05, 0) is 66.2 Å². The summed E-state index contributed by atoms with van der Waals surface area (Å²) in [6.45, 7) is 7.99. The Morgan fingerprint density at radius 1 is 1.25 bits per heavy atom. The molecule has 150 valence electrons. The quantitative estimate of drug-likeness (QED) is 0.727. The number of carbonyl (C=O) groups is 1. The molecular weight excluding hydrogens is 418 g/mol. The molecule has 1 unspecified atom stereocenters. The summed E-state index contributed by atoms with van der Waals surface area (Å²) in [4.78, 5) is 17.2. The average Bonchev–Trinajstić information content (AvgIpc) is 2.70. The molecular formula is C22H28BrN3O2. The van der Waals surface area contributed by atoms with Crippen LogP contribution in [0.4, 0.5) is 11.4 Å². The first-order valence-corrected chi connectivity index (χ1v) is 10.4. The normalized spacial score (nSPS) is 15.5. The van der Waals surface area contributed by atoms with Crippen LogP contribution in [0, 0.1) is 6.92 Å². The summed E-state index contributed by atoms with van der Waals surface area (Å²) < 4.78 is 6.37. The summed E-state index contributed by atoms with van der Waals surface area (Å²) in [5.74, 6) is -0.0177. The Bertz CT molecular complexity index is 821. The Morgan fingerprint density at radius 2 is 1.96 bits per heavy atom. The van der Waals surface area contributed by atoms with E-state index < -0.39 is 0 Å². The number of aryl methyl sites for hydroxylation is 1. The number of hydrogen-bond donors (Lipinski definition) is 1. The predicted molar refractivity (Wildman–Crippen MR) is 118 cm³/mol. The predicted octanol–water partition coefficient (Wildman–Crippen LogP) is 4.05. The van der Waals surface area contributed by atoms with Crippen LogP contribution in [0.1, 0.15) is 18.1 Å². The zero-order valence-corrected chi connectivity index (χ0v) is 18.3. The first-order valence-electron chi connectivity index (χ1n) is 9.63. The lowest BCUT2D eigenvalue weighted by atomic mass is 10.1. The van der Waals surface area contributed by atoms with Crippen LogP contribution in [0.5, 0.6) is 0 Å². The molecule has 5 nitrogen and oxygen atoms in total. The third-order valence-electron chi connectivity index (χ3n) is 5.19. The third-order valence-corrected chi connectivity index (χ3v) is 5.84. The number of anilines is 2. The number of halogens is 1. The van der Waals surface area contributed by atoms with Crippen LogP contribution in [0.3, 0.4) is 0 Å². The minimum atomic E-state index is -0.258. The number of carbonyl (C=O) groups excluding carboxylic acids is 1. The van der Waals surface area contributed by atoms with Gasteiger partial charge in [-0.1, -0.05) is 24.3 Å². The van der Waals surface area contributed by atoms with E-state index in [1.54, 1.807) is 0 Å². The molecule has 1 saturated heterocycles. The van der Waals surface area contributed by atoms with Gasteiger partial charge in [-0.15, -0.1) is 0 Å². The number of morpholine rings is 1. The molecule has 1 amide bonds. The van der Waals surface area contributed by atoms with Crippen LogP contribution in [-0.4, -0.2) is 50.2 Å². The number of likely N-dealkylation sites (N-methyl/N-ethyl adjacent to an activating group) is 1. The molecule has 1 N–H and O–H groups in total. The summed E-state index contributed by atoms with van der Waals surface area (Å²) in [6.07, 6.45) is 0. The number of ether oxygens (including phenoxy) is 1. The van der Waals surface area contributed by atoms with Gasteiger partial charge in [0.15, 0.2) is 0 Å². The van der Waals surface area contributed by atoms with Gasteiger partial charge in [0.25, 0.3) is 0 Å². The molecule has 1 aliphatic heterocycles. The molecule has 1 atom stereocenters. The number of benzene rings is 2. The lowest BCUT2D eigenvalue weighted by Gasteiger charge is -2.32. The molecule has 3 rings (SSSR count). The number of nitrogens with zero attached hydrogens (tertiary/aromatic N) is 2. The average molecular weight is 446 g/mol. The third kappa shape index (κ3) is 5.13. The highest BCUT2D eigenvalue weighted by atomic mass is 79.9. The van der Waals surface area contributed by atoms with E-state index in [0.29, 0.717) is 6.54 Å². The second kappa shape index (κ2) is 9.54. The molecule has 2 aromatic rings. The maximum atomic E-state index is 12.8. The van der Waals surface area contributed by atoms with Crippen molar-refractivity contribution in [2.75, 3.05) is 43.6 Å². The van der Waals surface area contributed by atoms with Gasteiger partial charge in [-0.2, -0.15) is 0 Å². The van der Waals surface area contributed by atoms with E-state index >= 15 is 0 Å². The molecule has 0 spiro atoms. The number of hydrogen-bond acceptors (Lipinski definition) is 4. The Balaban J connectivity index is 1.67. The van der Waals surface area contributed by atoms with E-state index in [-0.39, 0.29) is 11.9 Å². The lowest BCUT2D eigenvalue weighted by molar-refractivity contribution is -0.120. The van der Waals surface area contributed by atoms with Gasteiger partial charge >= 0.3 is 0 Å². The van der Waals surface area contributed by atoms with Crippen molar-refractivity contribution in [2.24, 2.45) is 0 Å². The first-order chi connectivity index (χ1) is 13.5. The largest absolute Gasteiger partial charge is 0.378 e. The van der Waals surface area contributed by atoms with Crippen molar-refractivity contribution in [3.05, 3.63) is 58.1 Å². The maximum absolute atomic E-state index is 12.8. The summed E-state index contributed by atoms with van der Waals surface area (Å²) in [7, 11) is 1.99. The molecule has 1 fully saturated rings. The number of nitrogens with one attached hydrogen (secondary N) is 1. The summed E-state index contributed by atoms with van der Waals surface area (Å²) in [6, 6.07) is 14.1. The zero-order valence-electron chi connectivity index (χ0n) is 16.7. The fourth-order valence-electron chi connectivity index (χ4n) is 3.32. The Kier molecular flexibility index (Phi) is 7.10. The van der Waals surface area contributed by atoms with Gasteiger partial charge in [-0.25, -0.2) is 0 Å². The van der Waals surface area contributed by atoms with Crippen LogP contribution in [0.15, 0.2) is 46.9 Å². The molecule has 0 aliphatic carbocycles. The van der Waals surface area contributed by atoms with Crippen molar-refractivity contribution in [1.29, 1.82) is 0 Å². The van der Waals surface area contributed by atoms with Gasteiger partial charge in [0.1, 0.15) is 0 Å². The van der Waals surface area contributed by atoms with Gasteiger partial charge in [0.05, 0.1) is 24.9 Å². The van der Waals surface area contributed by atoms with Gasteiger partial charge in [0.2, 0.25) is 5.91 Å². The van der Waals surface area contributed by atoms with E-state index in [1.807, 2.05) is 39.1 Å². The van der Waals surface area contributed by atoms with Gasteiger partial charge in [-0.3, -0.25) is 9.69 Å². The second-order valence-electron chi connectivity index (χ2n) is 7.29. The number of para-hydroxylation sites is 1. The van der Waals surface area contributed by atoms with Crippen LogP contribution in [0.2, 0.25) is 0 Å². The Morgan fingerprint density at radius 3 is 2.68 bits per heavy atom. The first kappa shape index (κ1) is 20.8. The molecule has 0 aromatic heterocycles. The Hall–Kier alpha value is -1.89. The number of amides is 1. The van der Waals surface area contributed by atoms with Crippen LogP contribution in [0.25, 0.3) is 0 Å². The van der Waals surface area contributed by atoms with E-state index in [0.717, 1.165) is 42.0 Å². The molecule has 0 saturated carbocycles. The van der Waals surface area contributed by atoms with Gasteiger partial charge in [0, 0.05) is 29.8 Å². The molecule has 1 aliphatic rings. The van der Waals surface area contributed by atoms with Crippen molar-refractivity contribution in [3.8, 4) is 0 Å². The van der Waals surface area contributed by atoms with E-state index in [9.17, 15) is 4.79 Å². The lowest BCUT2D eigenvalue weighted by Crippen LogP contribution is -2.40. The van der Waals surface area contributed by atoms with Crippen molar-refractivity contribution in [2.45, 2.75) is 26.4 Å². The fourth-order valence-corrected chi connectivity index (χ4v) is 3.91. The van der Waals surface area contributed by atoms with E-state index in [4.69, 9.17) is 4.74 Å².